The second kappa shape index (κ2) is 19.1. The van der Waals surface area contributed by atoms with E-state index in [4.69, 9.17) is 9.47 Å². The summed E-state index contributed by atoms with van der Waals surface area (Å²) in [6, 6.07) is 116. The molecule has 0 aromatic heterocycles. The summed E-state index contributed by atoms with van der Waals surface area (Å²) in [6.07, 6.45) is 0. The van der Waals surface area contributed by atoms with Crippen molar-refractivity contribution in [2.24, 2.45) is 0 Å². The minimum atomic E-state index is -0.678. The quantitative estimate of drug-likeness (QED) is 0.141. The van der Waals surface area contributed by atoms with E-state index in [1.807, 2.05) is 0 Å². The molecule has 14 aromatic carbocycles. The highest BCUT2D eigenvalue weighted by atomic mass is 16.5. The van der Waals surface area contributed by atoms with Crippen molar-refractivity contribution in [2.45, 2.75) is 10.8 Å². The van der Waals surface area contributed by atoms with Gasteiger partial charge in [0.2, 0.25) is 0 Å². The van der Waals surface area contributed by atoms with Crippen molar-refractivity contribution in [2.75, 3.05) is 0 Å². The van der Waals surface area contributed by atoms with Crippen molar-refractivity contribution in [3.05, 3.63) is 360 Å². The molecule has 0 spiro atoms. The zero-order valence-electron chi connectivity index (χ0n) is 44.8. The molecule has 2 nitrogen and oxygen atoms in total. The molecule has 16 rings (SSSR count). The van der Waals surface area contributed by atoms with Gasteiger partial charge in [-0.05, 0) is 154 Å². The van der Waals surface area contributed by atoms with Crippen molar-refractivity contribution in [3.63, 3.8) is 0 Å². The van der Waals surface area contributed by atoms with Crippen LogP contribution < -0.4 is 9.47 Å². The van der Waals surface area contributed by atoms with Crippen LogP contribution in [0.5, 0.6) is 23.0 Å². The number of fused-ring (bicyclic) bond motifs is 7. The fraction of sp³-hybridized carbons (Fsp3) is 0.0250. The van der Waals surface area contributed by atoms with Crippen LogP contribution in [0.25, 0.3) is 76.8 Å². The van der Waals surface area contributed by atoms with Gasteiger partial charge in [0.25, 0.3) is 0 Å². The topological polar surface area (TPSA) is 18.5 Å². The second-order valence-corrected chi connectivity index (χ2v) is 21.7. The molecule has 0 saturated heterocycles. The Labute approximate surface area is 477 Å². The van der Waals surface area contributed by atoms with Crippen LogP contribution in [-0.4, -0.2) is 0 Å². The van der Waals surface area contributed by atoms with Crippen molar-refractivity contribution >= 4 is 32.3 Å². The van der Waals surface area contributed by atoms with E-state index in [1.54, 1.807) is 0 Å². The zero-order chi connectivity index (χ0) is 54.2. The third kappa shape index (κ3) is 7.21. The molecule has 0 N–H and O–H groups in total. The maximum Gasteiger partial charge on any atom is 0.132 e. The van der Waals surface area contributed by atoms with E-state index in [2.05, 4.69) is 315 Å². The van der Waals surface area contributed by atoms with Crippen LogP contribution in [0.15, 0.2) is 315 Å². The van der Waals surface area contributed by atoms with Gasteiger partial charge in [0, 0.05) is 22.3 Å². The van der Waals surface area contributed by atoms with E-state index in [1.165, 1.54) is 76.8 Å². The Bertz CT molecular complexity index is 4480. The first-order valence-electron chi connectivity index (χ1n) is 28.3. The first-order valence-corrected chi connectivity index (χ1v) is 28.3. The lowest BCUT2D eigenvalue weighted by Crippen LogP contribution is -2.34. The van der Waals surface area contributed by atoms with Crippen LogP contribution in [0, 0.1) is 0 Å². The van der Waals surface area contributed by atoms with Crippen LogP contribution in [0.2, 0.25) is 0 Å². The molecule has 0 bridgehead atoms. The number of ether oxygens (including phenoxy) is 2. The second-order valence-electron chi connectivity index (χ2n) is 21.7. The smallest absolute Gasteiger partial charge is 0.132 e. The molecule has 0 radical (unpaired) electrons. The van der Waals surface area contributed by atoms with Gasteiger partial charge in [-0.25, -0.2) is 0 Å². The Morgan fingerprint density at radius 1 is 0.207 bits per heavy atom. The average Bonchev–Trinajstić information content (AvgIpc) is 3.15. The monoisotopic (exact) mass is 1040 g/mol. The number of para-hydroxylation sites is 4. The molecule has 0 fully saturated rings. The van der Waals surface area contributed by atoms with Gasteiger partial charge in [0.05, 0.1) is 10.8 Å². The summed E-state index contributed by atoms with van der Waals surface area (Å²) in [7, 11) is 0. The van der Waals surface area contributed by atoms with Crippen LogP contribution in [-0.2, 0) is 10.8 Å². The fourth-order valence-electron chi connectivity index (χ4n) is 14.1. The van der Waals surface area contributed by atoms with E-state index in [-0.39, 0.29) is 0 Å². The summed E-state index contributed by atoms with van der Waals surface area (Å²) >= 11 is 0. The largest absolute Gasteiger partial charge is 0.457 e. The summed E-state index contributed by atoms with van der Waals surface area (Å²) < 4.78 is 13.5. The first-order chi connectivity index (χ1) is 40.7. The summed E-state index contributed by atoms with van der Waals surface area (Å²) in [5, 5.41) is 7.13. The number of hydrogen-bond donors (Lipinski definition) is 0. The Kier molecular flexibility index (Phi) is 11.0. The molecule has 0 aliphatic carbocycles. The molecular formula is C80H52O2. The van der Waals surface area contributed by atoms with Crippen molar-refractivity contribution in [1.29, 1.82) is 0 Å². The molecule has 0 amide bonds. The molecule has 2 heteroatoms. The summed E-state index contributed by atoms with van der Waals surface area (Å²) in [5.41, 5.74) is 17.1. The molecule has 82 heavy (non-hydrogen) atoms. The lowest BCUT2D eigenvalue weighted by molar-refractivity contribution is 0.434. The van der Waals surface area contributed by atoms with Crippen LogP contribution in [0.1, 0.15) is 44.5 Å². The van der Waals surface area contributed by atoms with Crippen LogP contribution in [0.4, 0.5) is 0 Å². The molecular weight excluding hydrogens is 993 g/mol. The van der Waals surface area contributed by atoms with Gasteiger partial charge in [0.15, 0.2) is 0 Å². The fourth-order valence-corrected chi connectivity index (χ4v) is 14.1. The van der Waals surface area contributed by atoms with Crippen molar-refractivity contribution in [1.82, 2.24) is 0 Å². The van der Waals surface area contributed by atoms with Crippen molar-refractivity contribution < 1.29 is 9.47 Å². The average molecular weight is 1050 g/mol. The lowest BCUT2D eigenvalue weighted by atomic mass is 9.63. The molecule has 384 valence electrons. The number of rotatable bonds is 8. The molecule has 14 aromatic rings. The number of benzene rings is 14. The lowest BCUT2D eigenvalue weighted by Gasteiger charge is -2.41. The van der Waals surface area contributed by atoms with Gasteiger partial charge in [-0.1, -0.05) is 261 Å². The minimum Gasteiger partial charge on any atom is -0.457 e. The first kappa shape index (κ1) is 47.5. The SMILES string of the molecule is c1ccc(-c2cc(-c3c4cccc(-c5cccc(C6(c7ccccc7)c7ccccc7Oc7ccccc76)c5)c4cc4c(-c5cccc(C6(c7ccccc7)c7ccccc7Oc7ccccc76)c5)cccc34)c3ccccc3c2)cc1. The highest BCUT2D eigenvalue weighted by Crippen LogP contribution is 2.58. The van der Waals surface area contributed by atoms with Gasteiger partial charge in [0.1, 0.15) is 23.0 Å². The predicted molar refractivity (Wildman–Crippen MR) is 337 cm³/mol. The molecule has 0 saturated carbocycles. The highest BCUT2D eigenvalue weighted by molar-refractivity contribution is 6.22. The van der Waals surface area contributed by atoms with E-state index in [0.29, 0.717) is 0 Å². The van der Waals surface area contributed by atoms with E-state index in [9.17, 15) is 0 Å². The Hall–Kier alpha value is -10.5. The Morgan fingerprint density at radius 3 is 1.05 bits per heavy atom. The van der Waals surface area contributed by atoms with Crippen LogP contribution >= 0.6 is 0 Å². The summed E-state index contributed by atoms with van der Waals surface area (Å²) in [5.74, 6) is 3.44. The van der Waals surface area contributed by atoms with Gasteiger partial charge in [-0.3, -0.25) is 0 Å². The third-order valence-electron chi connectivity index (χ3n) is 17.5. The minimum absolute atomic E-state index is 0.678. The van der Waals surface area contributed by atoms with Gasteiger partial charge in [-0.15, -0.1) is 0 Å². The Morgan fingerprint density at radius 2 is 0.573 bits per heavy atom. The van der Waals surface area contributed by atoms with Gasteiger partial charge < -0.3 is 9.47 Å². The number of hydrogen-bond acceptors (Lipinski definition) is 2. The third-order valence-corrected chi connectivity index (χ3v) is 17.5. The molecule has 2 heterocycles. The maximum absolute atomic E-state index is 6.75. The van der Waals surface area contributed by atoms with Gasteiger partial charge in [-0.2, -0.15) is 0 Å². The van der Waals surface area contributed by atoms with Gasteiger partial charge >= 0.3 is 0 Å². The van der Waals surface area contributed by atoms with E-state index in [0.717, 1.165) is 67.5 Å². The van der Waals surface area contributed by atoms with E-state index >= 15 is 0 Å². The molecule has 2 aliphatic rings. The molecule has 0 atom stereocenters. The zero-order valence-corrected chi connectivity index (χ0v) is 44.8. The summed E-state index contributed by atoms with van der Waals surface area (Å²) in [4.78, 5) is 0. The van der Waals surface area contributed by atoms with Crippen molar-refractivity contribution in [3.8, 4) is 67.5 Å². The Balaban J connectivity index is 0.986. The molecule has 0 unspecified atom stereocenters. The molecule has 2 aliphatic heterocycles. The van der Waals surface area contributed by atoms with Crippen LogP contribution in [0.3, 0.4) is 0 Å². The van der Waals surface area contributed by atoms with E-state index < -0.39 is 10.8 Å². The normalized spacial score (nSPS) is 13.5. The maximum atomic E-state index is 6.75. The standard InChI is InChI=1S/C80H52O2/c1-4-24-53(25-5-1)57-48-54-26-10-11-35-64(54)69(51-57)78-65-38-22-36-62(55-27-20-33-60(49-55)79(58-29-6-2-7-30-58)70-40-12-16-44-74(70)81-75-45-17-13-41-71(75)79)67(65)52-68-63(37-23-39-66(68)78)56-28-21-34-61(50-56)80(59-31-8-3-9-32-59)72-42-14-18-46-76(72)82-77-47-19-15-43-73(77)80/h1-52H. The summed E-state index contributed by atoms with van der Waals surface area (Å²) in [6.45, 7) is 0. The predicted octanol–water partition coefficient (Wildman–Crippen LogP) is 20.8. The highest BCUT2D eigenvalue weighted by Gasteiger charge is 2.47.